The Hall–Kier alpha value is -2.61. The van der Waals surface area contributed by atoms with Crippen LogP contribution in [0, 0.1) is 18.6 Å². The molecule has 4 rings (SSSR count). The van der Waals surface area contributed by atoms with Crippen molar-refractivity contribution in [3.8, 4) is 11.4 Å². The van der Waals surface area contributed by atoms with E-state index in [0.29, 0.717) is 39.5 Å². The van der Waals surface area contributed by atoms with Crippen molar-refractivity contribution in [2.24, 2.45) is 0 Å². The summed E-state index contributed by atoms with van der Waals surface area (Å²) in [7, 11) is 0. The number of anilines is 1. The second-order valence-corrected chi connectivity index (χ2v) is 7.28. The van der Waals surface area contributed by atoms with Crippen molar-refractivity contribution in [1.82, 2.24) is 10.1 Å². The van der Waals surface area contributed by atoms with Crippen LogP contribution in [-0.2, 0) is 4.79 Å². The fourth-order valence-electron chi connectivity index (χ4n) is 3.18. The third-order valence-corrected chi connectivity index (χ3v) is 5.15. The summed E-state index contributed by atoms with van der Waals surface area (Å²) in [6.07, 6.45) is 0.228. The van der Waals surface area contributed by atoms with Crippen molar-refractivity contribution < 1.29 is 18.1 Å². The molecule has 0 spiro atoms. The van der Waals surface area contributed by atoms with Gasteiger partial charge in [-0.1, -0.05) is 5.16 Å². The molecule has 27 heavy (non-hydrogen) atoms. The summed E-state index contributed by atoms with van der Waals surface area (Å²) in [5, 5.41) is 3.94. The molecule has 1 atom stereocenters. The number of amides is 1. The van der Waals surface area contributed by atoms with Crippen molar-refractivity contribution in [3.63, 3.8) is 0 Å². The second-order valence-electron chi connectivity index (χ2n) is 6.42. The van der Waals surface area contributed by atoms with E-state index in [9.17, 15) is 13.6 Å². The van der Waals surface area contributed by atoms with Crippen LogP contribution in [0.2, 0.25) is 0 Å². The minimum Gasteiger partial charge on any atom is -0.339 e. The van der Waals surface area contributed by atoms with Crippen LogP contribution in [0.5, 0.6) is 0 Å². The van der Waals surface area contributed by atoms with Crippen LogP contribution in [0.4, 0.5) is 14.5 Å². The van der Waals surface area contributed by atoms with Crippen LogP contribution < -0.4 is 4.90 Å². The molecule has 0 N–H and O–H groups in total. The molecule has 2 heterocycles. The van der Waals surface area contributed by atoms with Gasteiger partial charge < -0.3 is 9.42 Å². The van der Waals surface area contributed by atoms with Crippen molar-refractivity contribution in [2.75, 3.05) is 11.4 Å². The van der Waals surface area contributed by atoms with Crippen molar-refractivity contribution in [2.45, 2.75) is 19.3 Å². The number of benzene rings is 2. The maximum absolute atomic E-state index is 13.4. The molecule has 0 saturated carbocycles. The molecule has 1 unspecified atom stereocenters. The lowest BCUT2D eigenvalue weighted by atomic mass is 10.1. The Morgan fingerprint density at radius 2 is 2.04 bits per heavy atom. The van der Waals surface area contributed by atoms with Gasteiger partial charge in [0, 0.05) is 24.2 Å². The van der Waals surface area contributed by atoms with Crippen LogP contribution >= 0.6 is 15.9 Å². The number of nitrogens with zero attached hydrogens (tertiary/aromatic N) is 3. The van der Waals surface area contributed by atoms with Gasteiger partial charge in [0.05, 0.1) is 10.4 Å². The Kier molecular flexibility index (Phi) is 4.51. The van der Waals surface area contributed by atoms with Crippen molar-refractivity contribution >= 4 is 27.5 Å². The van der Waals surface area contributed by atoms with Crippen LogP contribution in [0.25, 0.3) is 11.4 Å². The first kappa shape index (κ1) is 17.8. The molecule has 0 aliphatic carbocycles. The lowest BCUT2D eigenvalue weighted by Crippen LogP contribution is -2.25. The molecule has 3 aromatic rings. The summed E-state index contributed by atoms with van der Waals surface area (Å²) in [6.45, 7) is 2.14. The highest BCUT2D eigenvalue weighted by molar-refractivity contribution is 9.10. The number of hydrogen-bond acceptors (Lipinski definition) is 4. The van der Waals surface area contributed by atoms with Gasteiger partial charge in [-0.15, -0.1) is 0 Å². The van der Waals surface area contributed by atoms with Crippen molar-refractivity contribution in [1.29, 1.82) is 0 Å². The number of rotatable bonds is 3. The Bertz CT molecular complexity index is 1040. The molecule has 8 heteroatoms. The topological polar surface area (TPSA) is 59.2 Å². The summed E-state index contributed by atoms with van der Waals surface area (Å²) in [5.74, 6) is -0.387. The normalized spacial score (nSPS) is 17.0. The van der Waals surface area contributed by atoms with Crippen molar-refractivity contribution in [3.05, 3.63) is 64.0 Å². The van der Waals surface area contributed by atoms with E-state index in [1.807, 2.05) is 0 Å². The second kappa shape index (κ2) is 6.84. The molecule has 1 saturated heterocycles. The molecule has 0 bridgehead atoms. The summed E-state index contributed by atoms with van der Waals surface area (Å²) >= 11 is 3.13. The third-order valence-electron chi connectivity index (χ3n) is 4.54. The number of aromatic nitrogens is 2. The maximum atomic E-state index is 13.4. The predicted molar refractivity (Wildman–Crippen MR) is 98.2 cm³/mol. The molecule has 1 aliphatic heterocycles. The number of aryl methyl sites for hydroxylation is 1. The summed E-state index contributed by atoms with van der Waals surface area (Å²) in [5.41, 5.74) is 1.96. The Morgan fingerprint density at radius 3 is 2.78 bits per heavy atom. The van der Waals surface area contributed by atoms with E-state index < -0.39 is 0 Å². The molecule has 138 valence electrons. The van der Waals surface area contributed by atoms with Gasteiger partial charge in [0.1, 0.15) is 11.6 Å². The highest BCUT2D eigenvalue weighted by atomic mass is 79.9. The fourth-order valence-corrected chi connectivity index (χ4v) is 3.56. The Morgan fingerprint density at radius 1 is 1.22 bits per heavy atom. The van der Waals surface area contributed by atoms with E-state index in [0.717, 1.165) is 0 Å². The first-order valence-corrected chi connectivity index (χ1v) is 9.07. The highest BCUT2D eigenvalue weighted by Crippen LogP contribution is 2.34. The molecule has 5 nitrogen and oxygen atoms in total. The average molecular weight is 434 g/mol. The van der Waals surface area contributed by atoms with Crippen LogP contribution in [0.3, 0.4) is 0 Å². The van der Waals surface area contributed by atoms with E-state index in [-0.39, 0.29) is 29.9 Å². The molecular formula is C19H14BrF2N3O2. The van der Waals surface area contributed by atoms with E-state index in [1.54, 1.807) is 30.0 Å². The molecule has 1 amide bonds. The SMILES string of the molecule is Cc1cc(F)ccc1N1CC(c2nc(-c3ccc(F)c(Br)c3)no2)CC1=O. The lowest BCUT2D eigenvalue weighted by Gasteiger charge is -2.18. The zero-order valence-electron chi connectivity index (χ0n) is 14.2. The van der Waals surface area contributed by atoms with Gasteiger partial charge in [-0.25, -0.2) is 8.78 Å². The summed E-state index contributed by atoms with van der Waals surface area (Å²) < 4.78 is 32.4. The van der Waals surface area contributed by atoms with E-state index in [1.165, 1.54) is 18.2 Å². The van der Waals surface area contributed by atoms with Crippen LogP contribution in [-0.4, -0.2) is 22.6 Å². The first-order chi connectivity index (χ1) is 12.9. The van der Waals surface area contributed by atoms with Crippen LogP contribution in [0.1, 0.15) is 23.8 Å². The van der Waals surface area contributed by atoms with Gasteiger partial charge in [-0.3, -0.25) is 4.79 Å². The molecule has 0 radical (unpaired) electrons. The zero-order chi connectivity index (χ0) is 19.1. The largest absolute Gasteiger partial charge is 0.339 e. The van der Waals surface area contributed by atoms with E-state index in [2.05, 4.69) is 26.1 Å². The third kappa shape index (κ3) is 3.37. The van der Waals surface area contributed by atoms with E-state index in [4.69, 9.17) is 4.52 Å². The van der Waals surface area contributed by atoms with E-state index >= 15 is 0 Å². The minimum atomic E-state index is -0.380. The Balaban J connectivity index is 1.57. The fraction of sp³-hybridized carbons (Fsp3) is 0.211. The smallest absolute Gasteiger partial charge is 0.232 e. The van der Waals surface area contributed by atoms with Gasteiger partial charge in [-0.05, 0) is 64.8 Å². The monoisotopic (exact) mass is 433 g/mol. The lowest BCUT2D eigenvalue weighted by molar-refractivity contribution is -0.117. The molecule has 2 aromatic carbocycles. The standard InChI is InChI=1S/C19H14BrF2N3O2/c1-10-6-13(21)3-5-16(10)25-9-12(8-17(25)26)19-23-18(24-27-19)11-2-4-15(22)14(20)7-11/h2-7,12H,8-9H2,1H3. The minimum absolute atomic E-state index is 0.0843. The maximum Gasteiger partial charge on any atom is 0.232 e. The van der Waals surface area contributed by atoms with Gasteiger partial charge in [0.2, 0.25) is 17.6 Å². The molecule has 1 aliphatic rings. The number of carbonyl (C=O) groups is 1. The molecular weight excluding hydrogens is 420 g/mol. The van der Waals surface area contributed by atoms with Gasteiger partial charge >= 0.3 is 0 Å². The van der Waals surface area contributed by atoms with Crippen LogP contribution in [0.15, 0.2) is 45.4 Å². The zero-order valence-corrected chi connectivity index (χ0v) is 15.8. The average Bonchev–Trinajstić information content (AvgIpc) is 3.25. The number of hydrogen-bond donors (Lipinski definition) is 0. The number of halogens is 3. The van der Waals surface area contributed by atoms with Gasteiger partial charge in [-0.2, -0.15) is 4.98 Å². The first-order valence-electron chi connectivity index (χ1n) is 8.28. The quantitative estimate of drug-likeness (QED) is 0.605. The Labute approximate surface area is 162 Å². The van der Waals surface area contributed by atoms with Gasteiger partial charge in [0.15, 0.2) is 0 Å². The molecule has 1 aromatic heterocycles. The predicted octanol–water partition coefficient (Wildman–Crippen LogP) is 4.61. The number of carbonyl (C=O) groups excluding carboxylic acids is 1. The van der Waals surface area contributed by atoms with Gasteiger partial charge in [0.25, 0.3) is 0 Å². The molecule has 1 fully saturated rings. The summed E-state index contributed by atoms with van der Waals surface area (Å²) in [4.78, 5) is 18.4. The summed E-state index contributed by atoms with van der Waals surface area (Å²) in [6, 6.07) is 8.77. The highest BCUT2D eigenvalue weighted by Gasteiger charge is 2.35.